The second kappa shape index (κ2) is 11.2. The lowest BCUT2D eigenvalue weighted by atomic mass is 9.91. The molecule has 1 heterocycles. The van der Waals surface area contributed by atoms with Gasteiger partial charge < -0.3 is 35.1 Å². The van der Waals surface area contributed by atoms with Crippen LogP contribution in [0.1, 0.15) is 49.4 Å². The lowest BCUT2D eigenvalue weighted by molar-refractivity contribution is -0.209. The molecule has 1 aromatic carbocycles. The molecule has 0 bridgehead atoms. The van der Waals surface area contributed by atoms with E-state index in [1.54, 1.807) is 18.2 Å². The molecule has 0 spiro atoms. The van der Waals surface area contributed by atoms with Crippen LogP contribution in [0.25, 0.3) is 0 Å². The maximum atomic E-state index is 13.3. The Morgan fingerprint density at radius 2 is 1.84 bits per heavy atom. The quantitative estimate of drug-likeness (QED) is 0.222. The summed E-state index contributed by atoms with van der Waals surface area (Å²) in [6.45, 7) is 1.12. The van der Waals surface area contributed by atoms with E-state index in [4.69, 9.17) is 19.3 Å². The summed E-state index contributed by atoms with van der Waals surface area (Å²) >= 11 is 2.08. The maximum absolute atomic E-state index is 13.3. The normalized spacial score (nSPS) is 27.5. The molecule has 2 amide bonds. The fraction of sp³-hybridized carbons (Fsp3) is 0.593. The van der Waals surface area contributed by atoms with Gasteiger partial charge in [-0.25, -0.2) is 4.79 Å². The number of rotatable bonds is 10. The topological polar surface area (TPSA) is 143 Å². The van der Waals surface area contributed by atoms with Crippen molar-refractivity contribution in [1.29, 1.82) is 0 Å². The fourth-order valence-electron chi connectivity index (χ4n) is 5.33. The standard InChI is InChI=1S/C27H33IN2O8/c1-14(32)22(25(34)29-10-11-31)30-24(33)15-12-20(36-26(35)18-4-2-3-5-19(18)28)23-21(13-15)37-27(38-23,16-6-7-16)17-8-9-17/h2-5,13-14,16-17,20-23,31-32H,6-12H2,1H3,(H,29,34)(H,30,33). The first-order chi connectivity index (χ1) is 18.2. The van der Waals surface area contributed by atoms with Gasteiger partial charge in [0.2, 0.25) is 11.8 Å². The van der Waals surface area contributed by atoms with Crippen LogP contribution in [0, 0.1) is 15.4 Å². The molecule has 0 radical (unpaired) electrons. The van der Waals surface area contributed by atoms with E-state index in [1.807, 2.05) is 12.1 Å². The van der Waals surface area contributed by atoms with Gasteiger partial charge >= 0.3 is 5.97 Å². The summed E-state index contributed by atoms with van der Waals surface area (Å²) in [5.74, 6) is -1.84. The van der Waals surface area contributed by atoms with E-state index in [2.05, 4.69) is 33.2 Å². The van der Waals surface area contributed by atoms with Crippen molar-refractivity contribution in [2.75, 3.05) is 13.2 Å². The summed E-state index contributed by atoms with van der Waals surface area (Å²) in [7, 11) is 0. The number of esters is 1. The van der Waals surface area contributed by atoms with Gasteiger partial charge in [0, 0.05) is 33.9 Å². The van der Waals surface area contributed by atoms with Gasteiger partial charge in [0.1, 0.15) is 24.4 Å². The number of halogens is 1. The average molecular weight is 640 g/mol. The Kier molecular flexibility index (Phi) is 8.11. The van der Waals surface area contributed by atoms with Crippen LogP contribution in [-0.4, -0.2) is 77.4 Å². The van der Waals surface area contributed by atoms with E-state index in [0.717, 1.165) is 29.3 Å². The molecule has 4 N–H and O–H groups in total. The Morgan fingerprint density at radius 1 is 1.16 bits per heavy atom. The molecule has 5 atom stereocenters. The average Bonchev–Trinajstić information content (AvgIpc) is 3.82. The molecular weight excluding hydrogens is 607 g/mol. The van der Waals surface area contributed by atoms with Crippen molar-refractivity contribution >= 4 is 40.4 Å². The Bertz CT molecular complexity index is 1100. The van der Waals surface area contributed by atoms with Crippen LogP contribution in [0.15, 0.2) is 35.9 Å². The second-order valence-corrected chi connectivity index (χ2v) is 11.6. The van der Waals surface area contributed by atoms with Crippen LogP contribution in [-0.2, 0) is 23.8 Å². The number of ether oxygens (including phenoxy) is 3. The molecular formula is C27H33IN2O8. The smallest absolute Gasteiger partial charge is 0.339 e. The van der Waals surface area contributed by atoms with Crippen LogP contribution in [0.3, 0.4) is 0 Å². The Labute approximate surface area is 234 Å². The summed E-state index contributed by atoms with van der Waals surface area (Å²) in [4.78, 5) is 39.0. The number of carbonyl (C=O) groups is 3. The van der Waals surface area contributed by atoms with Crippen LogP contribution in [0.5, 0.6) is 0 Å². The molecule has 5 unspecified atom stereocenters. The molecule has 3 aliphatic carbocycles. The fourth-order valence-corrected chi connectivity index (χ4v) is 5.93. The number of fused-ring (bicyclic) bond motifs is 1. The predicted octanol–water partition coefficient (Wildman–Crippen LogP) is 1.42. The number of benzene rings is 1. The summed E-state index contributed by atoms with van der Waals surface area (Å²) in [5, 5.41) is 24.2. The molecule has 206 valence electrons. The van der Waals surface area contributed by atoms with Crippen molar-refractivity contribution in [1.82, 2.24) is 10.6 Å². The van der Waals surface area contributed by atoms with Gasteiger partial charge in [-0.05, 0) is 73.4 Å². The molecule has 0 aromatic heterocycles. The van der Waals surface area contributed by atoms with Gasteiger partial charge in [-0.3, -0.25) is 9.59 Å². The van der Waals surface area contributed by atoms with Crippen LogP contribution in [0.4, 0.5) is 0 Å². The van der Waals surface area contributed by atoms with Crippen LogP contribution in [0.2, 0.25) is 0 Å². The third kappa shape index (κ3) is 5.62. The molecule has 5 rings (SSSR count). The summed E-state index contributed by atoms with van der Waals surface area (Å²) < 4.78 is 19.9. The second-order valence-electron chi connectivity index (χ2n) is 10.5. The molecule has 3 fully saturated rings. The number of carbonyl (C=O) groups excluding carboxylic acids is 3. The van der Waals surface area contributed by atoms with Crippen molar-refractivity contribution in [3.8, 4) is 0 Å². The minimum absolute atomic E-state index is 0.00369. The van der Waals surface area contributed by atoms with Crippen molar-refractivity contribution in [3.05, 3.63) is 45.0 Å². The highest BCUT2D eigenvalue weighted by Crippen LogP contribution is 2.59. The Hall–Kier alpha value is -2.06. The number of aliphatic hydroxyl groups excluding tert-OH is 2. The monoisotopic (exact) mass is 640 g/mol. The molecule has 38 heavy (non-hydrogen) atoms. The zero-order valence-electron chi connectivity index (χ0n) is 21.1. The number of hydrogen-bond acceptors (Lipinski definition) is 8. The van der Waals surface area contributed by atoms with Crippen molar-refractivity contribution < 1.29 is 38.8 Å². The van der Waals surface area contributed by atoms with Crippen molar-refractivity contribution in [2.45, 2.75) is 75.3 Å². The first-order valence-corrected chi connectivity index (χ1v) is 14.2. The minimum Gasteiger partial charge on any atom is -0.455 e. The predicted molar refractivity (Wildman–Crippen MR) is 143 cm³/mol. The molecule has 4 aliphatic rings. The highest BCUT2D eigenvalue weighted by molar-refractivity contribution is 14.1. The molecule has 1 saturated heterocycles. The third-order valence-electron chi connectivity index (χ3n) is 7.52. The van der Waals surface area contributed by atoms with Gasteiger partial charge in [0.15, 0.2) is 5.79 Å². The van der Waals surface area contributed by atoms with Gasteiger partial charge in [0.25, 0.3) is 0 Å². The molecule has 10 nitrogen and oxygen atoms in total. The lowest BCUT2D eigenvalue weighted by Crippen LogP contribution is -2.54. The summed E-state index contributed by atoms with van der Waals surface area (Å²) in [6, 6.07) is 5.88. The van der Waals surface area contributed by atoms with Crippen molar-refractivity contribution in [3.63, 3.8) is 0 Å². The SMILES string of the molecule is CC(O)C(NC(=O)C1=CC2OC(C3CC3)(C3CC3)OC2C(OC(=O)c2ccccc2I)C1)C(=O)NCCO. The highest BCUT2D eigenvalue weighted by Gasteiger charge is 2.64. The molecule has 1 aliphatic heterocycles. The Balaban J connectivity index is 1.39. The number of amides is 2. The number of nitrogens with one attached hydrogen (secondary N) is 2. The highest BCUT2D eigenvalue weighted by atomic mass is 127. The van der Waals surface area contributed by atoms with E-state index in [1.165, 1.54) is 6.92 Å². The van der Waals surface area contributed by atoms with E-state index in [-0.39, 0.29) is 31.4 Å². The van der Waals surface area contributed by atoms with E-state index >= 15 is 0 Å². The minimum atomic E-state index is -1.22. The lowest BCUT2D eigenvalue weighted by Gasteiger charge is -2.31. The first kappa shape index (κ1) is 27.5. The summed E-state index contributed by atoms with van der Waals surface area (Å²) in [5.41, 5.74) is 0.716. The van der Waals surface area contributed by atoms with Gasteiger partial charge in [0.05, 0.1) is 18.3 Å². The van der Waals surface area contributed by atoms with Crippen LogP contribution < -0.4 is 10.6 Å². The van der Waals surface area contributed by atoms with E-state index in [0.29, 0.717) is 11.1 Å². The maximum Gasteiger partial charge on any atom is 0.339 e. The van der Waals surface area contributed by atoms with Gasteiger partial charge in [-0.15, -0.1) is 0 Å². The van der Waals surface area contributed by atoms with Crippen LogP contribution >= 0.6 is 22.6 Å². The van der Waals surface area contributed by atoms with Crippen molar-refractivity contribution in [2.24, 2.45) is 11.8 Å². The third-order valence-corrected chi connectivity index (χ3v) is 8.46. The molecule has 2 saturated carbocycles. The number of hydrogen-bond donors (Lipinski definition) is 4. The zero-order chi connectivity index (χ0) is 27.0. The molecule has 1 aromatic rings. The summed E-state index contributed by atoms with van der Waals surface area (Å²) in [6.07, 6.45) is 2.73. The van der Waals surface area contributed by atoms with Gasteiger partial charge in [-0.1, -0.05) is 12.1 Å². The van der Waals surface area contributed by atoms with Gasteiger partial charge in [-0.2, -0.15) is 0 Å². The largest absolute Gasteiger partial charge is 0.455 e. The zero-order valence-corrected chi connectivity index (χ0v) is 23.3. The first-order valence-electron chi connectivity index (χ1n) is 13.1. The van der Waals surface area contributed by atoms with E-state index in [9.17, 15) is 19.5 Å². The number of aliphatic hydroxyl groups is 2. The Morgan fingerprint density at radius 3 is 2.45 bits per heavy atom. The van der Waals surface area contributed by atoms with E-state index < -0.39 is 54.0 Å². The molecule has 11 heteroatoms.